The highest BCUT2D eigenvalue weighted by Gasteiger charge is 2.16. The smallest absolute Gasteiger partial charge is 0.339 e. The summed E-state index contributed by atoms with van der Waals surface area (Å²) in [6.07, 6.45) is 3.30. The molecule has 7 nitrogen and oxygen atoms in total. The van der Waals surface area contributed by atoms with E-state index < -0.39 is 18.5 Å². The first kappa shape index (κ1) is 19.7. The van der Waals surface area contributed by atoms with E-state index in [4.69, 9.17) is 10.00 Å². The van der Waals surface area contributed by atoms with Crippen LogP contribution < -0.4 is 5.32 Å². The number of pyridine rings is 2. The maximum absolute atomic E-state index is 12.8. The third-order valence-corrected chi connectivity index (χ3v) is 4.54. The fourth-order valence-electron chi connectivity index (χ4n) is 3.05. The summed E-state index contributed by atoms with van der Waals surface area (Å²) in [5.74, 6) is -1.10. The Balaban J connectivity index is 1.53. The third-order valence-electron chi connectivity index (χ3n) is 4.54. The van der Waals surface area contributed by atoms with Gasteiger partial charge in [0.25, 0.3) is 5.91 Å². The van der Waals surface area contributed by atoms with Gasteiger partial charge in [-0.05, 0) is 48.5 Å². The average Bonchev–Trinajstić information content (AvgIpc) is 2.83. The van der Waals surface area contributed by atoms with Gasteiger partial charge < -0.3 is 10.1 Å². The van der Waals surface area contributed by atoms with E-state index in [-0.39, 0.29) is 0 Å². The van der Waals surface area contributed by atoms with Crippen LogP contribution in [0, 0.1) is 11.3 Å². The fourth-order valence-corrected chi connectivity index (χ4v) is 3.05. The first-order chi connectivity index (χ1) is 15.1. The topological polar surface area (TPSA) is 105 Å². The van der Waals surface area contributed by atoms with Crippen molar-refractivity contribution in [1.29, 1.82) is 5.26 Å². The zero-order chi connectivity index (χ0) is 21.6. The summed E-state index contributed by atoms with van der Waals surface area (Å²) < 4.78 is 5.26. The number of hydrogen-bond donors (Lipinski definition) is 1. The van der Waals surface area contributed by atoms with Crippen molar-refractivity contribution in [2.24, 2.45) is 0 Å². The largest absolute Gasteiger partial charge is 0.452 e. The second kappa shape index (κ2) is 8.84. The number of nitriles is 1. The molecule has 0 radical (unpaired) electrons. The monoisotopic (exact) mass is 408 g/mol. The van der Waals surface area contributed by atoms with Gasteiger partial charge in [0.1, 0.15) is 0 Å². The zero-order valence-corrected chi connectivity index (χ0v) is 16.3. The number of fused-ring (bicyclic) bond motifs is 1. The van der Waals surface area contributed by atoms with Crippen LogP contribution in [-0.4, -0.2) is 28.5 Å². The Morgan fingerprint density at radius 3 is 2.48 bits per heavy atom. The number of nitrogens with zero attached hydrogens (tertiary/aromatic N) is 3. The van der Waals surface area contributed by atoms with Gasteiger partial charge in [0.2, 0.25) is 0 Å². The third kappa shape index (κ3) is 4.54. The molecule has 7 heteroatoms. The molecule has 2 aromatic carbocycles. The van der Waals surface area contributed by atoms with E-state index in [1.165, 1.54) is 0 Å². The van der Waals surface area contributed by atoms with E-state index >= 15 is 0 Å². The molecule has 0 saturated carbocycles. The Kier molecular flexibility index (Phi) is 5.63. The van der Waals surface area contributed by atoms with Crippen LogP contribution in [0.3, 0.4) is 0 Å². The van der Waals surface area contributed by atoms with Gasteiger partial charge in [-0.3, -0.25) is 9.78 Å². The summed E-state index contributed by atoms with van der Waals surface area (Å²) in [6.45, 7) is -0.444. The molecular formula is C24H16N4O3. The van der Waals surface area contributed by atoms with E-state index in [9.17, 15) is 9.59 Å². The van der Waals surface area contributed by atoms with Crippen LogP contribution in [0.25, 0.3) is 22.2 Å². The molecule has 150 valence electrons. The molecule has 0 spiro atoms. The minimum Gasteiger partial charge on any atom is -0.452 e. The Morgan fingerprint density at radius 1 is 1.00 bits per heavy atom. The number of aromatic nitrogens is 2. The molecule has 2 heterocycles. The summed E-state index contributed by atoms with van der Waals surface area (Å²) in [5, 5.41) is 12.1. The standard InChI is InChI=1S/C24H16N4O3/c25-14-16-5-7-18(8-6-16)27-23(29)15-31-24(30)20-13-22(17-9-11-26-12-10-17)28-21-4-2-1-3-19(20)21/h1-13H,15H2,(H,27,29). The van der Waals surface area contributed by atoms with Gasteiger partial charge in [-0.1, -0.05) is 18.2 Å². The van der Waals surface area contributed by atoms with Gasteiger partial charge >= 0.3 is 5.97 Å². The lowest BCUT2D eigenvalue weighted by molar-refractivity contribution is -0.119. The number of anilines is 1. The van der Waals surface area contributed by atoms with E-state index in [0.717, 1.165) is 5.56 Å². The number of nitrogens with one attached hydrogen (secondary N) is 1. The lowest BCUT2D eigenvalue weighted by Crippen LogP contribution is -2.21. The lowest BCUT2D eigenvalue weighted by atomic mass is 10.0. The van der Waals surface area contributed by atoms with E-state index in [2.05, 4.69) is 15.3 Å². The predicted octanol–water partition coefficient (Wildman–Crippen LogP) is 3.96. The maximum atomic E-state index is 12.8. The van der Waals surface area contributed by atoms with Crippen molar-refractivity contribution in [3.05, 3.63) is 90.3 Å². The Hall–Kier alpha value is -4.57. The van der Waals surface area contributed by atoms with Crippen LogP contribution in [0.1, 0.15) is 15.9 Å². The second-order valence-electron chi connectivity index (χ2n) is 6.62. The van der Waals surface area contributed by atoms with Crippen molar-refractivity contribution in [1.82, 2.24) is 9.97 Å². The number of carbonyl (C=O) groups is 2. The first-order valence-electron chi connectivity index (χ1n) is 9.41. The van der Waals surface area contributed by atoms with Crippen LogP contribution in [0.4, 0.5) is 5.69 Å². The van der Waals surface area contributed by atoms with Gasteiger partial charge in [0, 0.05) is 29.0 Å². The molecule has 1 amide bonds. The molecule has 0 aliphatic carbocycles. The summed E-state index contributed by atoms with van der Waals surface area (Å²) in [6, 6.07) is 20.9. The summed E-state index contributed by atoms with van der Waals surface area (Å²) in [7, 11) is 0. The molecule has 2 aromatic heterocycles. The van der Waals surface area contributed by atoms with Crippen LogP contribution in [0.5, 0.6) is 0 Å². The molecule has 31 heavy (non-hydrogen) atoms. The SMILES string of the molecule is N#Cc1ccc(NC(=O)COC(=O)c2cc(-c3ccncc3)nc3ccccc23)cc1. The number of esters is 1. The Labute approximate surface area is 178 Å². The van der Waals surface area contributed by atoms with Gasteiger partial charge in [-0.2, -0.15) is 5.26 Å². The van der Waals surface area contributed by atoms with E-state index in [0.29, 0.717) is 33.4 Å². The minimum atomic E-state index is -0.621. The molecule has 0 unspecified atom stereocenters. The molecule has 1 N–H and O–H groups in total. The number of para-hydroxylation sites is 1. The highest BCUT2D eigenvalue weighted by atomic mass is 16.5. The van der Waals surface area contributed by atoms with Crippen molar-refractivity contribution in [3.8, 4) is 17.3 Å². The number of carbonyl (C=O) groups excluding carboxylic acids is 2. The number of hydrogen-bond acceptors (Lipinski definition) is 6. The maximum Gasteiger partial charge on any atom is 0.339 e. The second-order valence-corrected chi connectivity index (χ2v) is 6.62. The minimum absolute atomic E-state index is 0.323. The molecule has 0 aliphatic rings. The van der Waals surface area contributed by atoms with Crippen LogP contribution in [0.15, 0.2) is 79.1 Å². The highest BCUT2D eigenvalue weighted by Crippen LogP contribution is 2.25. The first-order valence-corrected chi connectivity index (χ1v) is 9.41. The predicted molar refractivity (Wildman–Crippen MR) is 115 cm³/mol. The highest BCUT2D eigenvalue weighted by molar-refractivity contribution is 6.05. The van der Waals surface area contributed by atoms with Crippen LogP contribution in [0.2, 0.25) is 0 Å². The average molecular weight is 408 g/mol. The zero-order valence-electron chi connectivity index (χ0n) is 16.3. The molecule has 0 bridgehead atoms. The Morgan fingerprint density at radius 2 is 1.74 bits per heavy atom. The number of ether oxygens (including phenoxy) is 1. The number of amides is 1. The van der Waals surface area contributed by atoms with Crippen molar-refractivity contribution < 1.29 is 14.3 Å². The van der Waals surface area contributed by atoms with Crippen molar-refractivity contribution in [3.63, 3.8) is 0 Å². The van der Waals surface area contributed by atoms with E-state index in [1.807, 2.05) is 24.3 Å². The van der Waals surface area contributed by atoms with Gasteiger partial charge in [-0.25, -0.2) is 9.78 Å². The summed E-state index contributed by atoms with van der Waals surface area (Å²) in [4.78, 5) is 33.6. The normalized spacial score (nSPS) is 10.3. The number of benzene rings is 2. The summed E-state index contributed by atoms with van der Waals surface area (Å²) >= 11 is 0. The molecule has 0 saturated heterocycles. The van der Waals surface area contributed by atoms with Gasteiger partial charge in [0.05, 0.1) is 28.4 Å². The molecule has 4 aromatic rings. The molecular weight excluding hydrogens is 392 g/mol. The lowest BCUT2D eigenvalue weighted by Gasteiger charge is -2.10. The molecule has 0 fully saturated rings. The fraction of sp³-hybridized carbons (Fsp3) is 0.0417. The van der Waals surface area contributed by atoms with Crippen molar-refractivity contribution in [2.45, 2.75) is 0 Å². The quantitative estimate of drug-likeness (QED) is 0.501. The Bertz CT molecular complexity index is 1300. The van der Waals surface area contributed by atoms with E-state index in [1.54, 1.807) is 60.9 Å². The van der Waals surface area contributed by atoms with Gasteiger partial charge in [-0.15, -0.1) is 0 Å². The molecule has 0 aliphatic heterocycles. The van der Waals surface area contributed by atoms with Crippen molar-refractivity contribution >= 4 is 28.5 Å². The molecule has 0 atom stereocenters. The van der Waals surface area contributed by atoms with Gasteiger partial charge in [0.15, 0.2) is 6.61 Å². The van der Waals surface area contributed by atoms with Crippen molar-refractivity contribution in [2.75, 3.05) is 11.9 Å². The van der Waals surface area contributed by atoms with Crippen LogP contribution in [-0.2, 0) is 9.53 Å². The molecule has 4 rings (SSSR count). The number of rotatable bonds is 5. The summed E-state index contributed by atoms with van der Waals surface area (Å²) in [5.41, 5.74) is 3.38. The van der Waals surface area contributed by atoms with Crippen LogP contribution >= 0.6 is 0 Å².